The number of hydrogen-bond donors (Lipinski definition) is 1. The molecule has 1 aromatic carbocycles. The SMILES string of the molecule is NCC(C(=O)CC1CCC1)c1ccccc1. The minimum Gasteiger partial charge on any atom is -0.329 e. The summed E-state index contributed by atoms with van der Waals surface area (Å²) in [4.78, 5) is 12.1. The molecule has 1 unspecified atom stereocenters. The van der Waals surface area contributed by atoms with Gasteiger partial charge in [-0.3, -0.25) is 4.79 Å². The average molecular weight is 217 g/mol. The quantitative estimate of drug-likeness (QED) is 0.823. The van der Waals surface area contributed by atoms with Crippen LogP contribution >= 0.6 is 0 Å². The van der Waals surface area contributed by atoms with Crippen molar-refractivity contribution >= 4 is 5.78 Å². The van der Waals surface area contributed by atoms with E-state index in [9.17, 15) is 4.79 Å². The number of Topliss-reactive ketones (excluding diaryl/α,β-unsaturated/α-hetero) is 1. The summed E-state index contributed by atoms with van der Waals surface area (Å²) >= 11 is 0. The van der Waals surface area contributed by atoms with Gasteiger partial charge in [-0.1, -0.05) is 49.6 Å². The van der Waals surface area contributed by atoms with Crippen LogP contribution in [0.3, 0.4) is 0 Å². The van der Waals surface area contributed by atoms with Gasteiger partial charge in [0.05, 0.1) is 5.92 Å². The highest BCUT2D eigenvalue weighted by atomic mass is 16.1. The first-order chi connectivity index (χ1) is 7.81. The standard InChI is InChI=1S/C14H19NO/c15-10-13(12-7-2-1-3-8-12)14(16)9-11-5-4-6-11/h1-3,7-8,11,13H,4-6,9-10,15H2. The summed E-state index contributed by atoms with van der Waals surface area (Å²) < 4.78 is 0. The molecule has 0 saturated heterocycles. The van der Waals surface area contributed by atoms with Crippen molar-refractivity contribution in [2.24, 2.45) is 11.7 Å². The second kappa shape index (κ2) is 5.26. The zero-order valence-electron chi connectivity index (χ0n) is 9.56. The summed E-state index contributed by atoms with van der Waals surface area (Å²) in [5.41, 5.74) is 6.78. The molecule has 2 N–H and O–H groups in total. The van der Waals surface area contributed by atoms with Crippen LogP contribution in [0.1, 0.15) is 37.2 Å². The normalized spacial score (nSPS) is 17.8. The smallest absolute Gasteiger partial charge is 0.141 e. The van der Waals surface area contributed by atoms with Crippen LogP contribution in [0.4, 0.5) is 0 Å². The predicted molar refractivity (Wildman–Crippen MR) is 65.2 cm³/mol. The maximum atomic E-state index is 12.1. The van der Waals surface area contributed by atoms with Crippen molar-refractivity contribution in [2.75, 3.05) is 6.54 Å². The lowest BCUT2D eigenvalue weighted by Gasteiger charge is -2.26. The lowest BCUT2D eigenvalue weighted by atomic mass is 9.79. The molecular formula is C14H19NO. The van der Waals surface area contributed by atoms with E-state index in [0.717, 1.165) is 12.0 Å². The van der Waals surface area contributed by atoms with E-state index in [2.05, 4.69) is 0 Å². The molecule has 0 spiro atoms. The number of ketones is 1. The van der Waals surface area contributed by atoms with E-state index in [1.165, 1.54) is 19.3 Å². The number of hydrogen-bond acceptors (Lipinski definition) is 2. The van der Waals surface area contributed by atoms with E-state index in [1.807, 2.05) is 30.3 Å². The van der Waals surface area contributed by atoms with Gasteiger partial charge in [-0.25, -0.2) is 0 Å². The molecule has 0 heterocycles. The first-order valence-electron chi connectivity index (χ1n) is 6.09. The van der Waals surface area contributed by atoms with Crippen molar-refractivity contribution < 1.29 is 4.79 Å². The molecule has 2 nitrogen and oxygen atoms in total. The van der Waals surface area contributed by atoms with E-state index >= 15 is 0 Å². The van der Waals surface area contributed by atoms with Crippen molar-refractivity contribution in [1.29, 1.82) is 0 Å². The van der Waals surface area contributed by atoms with Crippen molar-refractivity contribution in [1.82, 2.24) is 0 Å². The van der Waals surface area contributed by atoms with Gasteiger partial charge in [0.25, 0.3) is 0 Å². The fourth-order valence-electron chi connectivity index (χ4n) is 2.26. The summed E-state index contributed by atoms with van der Waals surface area (Å²) in [6.45, 7) is 0.426. The molecule has 1 atom stereocenters. The number of carbonyl (C=O) groups excluding carboxylic acids is 1. The van der Waals surface area contributed by atoms with Crippen LogP contribution in [0.2, 0.25) is 0 Å². The number of rotatable bonds is 5. The topological polar surface area (TPSA) is 43.1 Å². The van der Waals surface area contributed by atoms with Crippen LogP contribution < -0.4 is 5.73 Å². The van der Waals surface area contributed by atoms with E-state index in [0.29, 0.717) is 18.2 Å². The Bertz CT molecular complexity index is 343. The largest absolute Gasteiger partial charge is 0.329 e. The molecule has 2 heteroatoms. The Morgan fingerprint density at radius 2 is 2.00 bits per heavy atom. The van der Waals surface area contributed by atoms with Gasteiger partial charge in [0.1, 0.15) is 5.78 Å². The molecule has 1 fully saturated rings. The molecule has 0 aliphatic heterocycles. The van der Waals surface area contributed by atoms with Crippen LogP contribution in [-0.2, 0) is 4.79 Å². The first-order valence-corrected chi connectivity index (χ1v) is 6.09. The summed E-state index contributed by atoms with van der Waals surface area (Å²) in [5.74, 6) is 0.852. The third-order valence-corrected chi connectivity index (χ3v) is 3.54. The van der Waals surface area contributed by atoms with Gasteiger partial charge in [0, 0.05) is 13.0 Å². The predicted octanol–water partition coefficient (Wildman–Crippen LogP) is 2.49. The average Bonchev–Trinajstić information content (AvgIpc) is 2.26. The second-order valence-electron chi connectivity index (χ2n) is 4.67. The number of nitrogens with two attached hydrogens (primary N) is 1. The monoisotopic (exact) mass is 217 g/mol. The van der Waals surface area contributed by atoms with Crippen molar-refractivity contribution in [3.05, 3.63) is 35.9 Å². The zero-order valence-corrected chi connectivity index (χ0v) is 9.56. The van der Waals surface area contributed by atoms with Gasteiger partial charge in [0.2, 0.25) is 0 Å². The zero-order chi connectivity index (χ0) is 11.4. The van der Waals surface area contributed by atoms with Gasteiger partial charge in [-0.05, 0) is 11.5 Å². The van der Waals surface area contributed by atoms with Crippen molar-refractivity contribution in [3.8, 4) is 0 Å². The van der Waals surface area contributed by atoms with Crippen LogP contribution in [0, 0.1) is 5.92 Å². The van der Waals surface area contributed by atoms with Crippen molar-refractivity contribution in [2.45, 2.75) is 31.6 Å². The summed E-state index contributed by atoms with van der Waals surface area (Å²) in [5, 5.41) is 0. The van der Waals surface area contributed by atoms with Gasteiger partial charge in [-0.15, -0.1) is 0 Å². The molecule has 86 valence electrons. The minimum atomic E-state index is -0.0956. The van der Waals surface area contributed by atoms with Crippen LogP contribution in [0.5, 0.6) is 0 Å². The van der Waals surface area contributed by atoms with E-state index in [-0.39, 0.29) is 5.92 Å². The Balaban J connectivity index is 2.01. The maximum absolute atomic E-state index is 12.1. The molecule has 1 aromatic rings. The molecule has 2 rings (SSSR count). The molecule has 0 amide bonds. The molecule has 16 heavy (non-hydrogen) atoms. The van der Waals surface area contributed by atoms with Gasteiger partial charge in [0.15, 0.2) is 0 Å². The van der Waals surface area contributed by atoms with Gasteiger partial charge in [-0.2, -0.15) is 0 Å². The Morgan fingerprint density at radius 3 is 2.50 bits per heavy atom. The molecule has 0 aromatic heterocycles. The first kappa shape index (κ1) is 11.3. The van der Waals surface area contributed by atoms with E-state index in [1.54, 1.807) is 0 Å². The maximum Gasteiger partial charge on any atom is 0.141 e. The third-order valence-electron chi connectivity index (χ3n) is 3.54. The fraction of sp³-hybridized carbons (Fsp3) is 0.500. The number of benzene rings is 1. The summed E-state index contributed by atoms with van der Waals surface area (Å²) in [6, 6.07) is 9.89. The fourth-order valence-corrected chi connectivity index (χ4v) is 2.26. The molecule has 0 radical (unpaired) electrons. The Kier molecular flexibility index (Phi) is 3.73. The molecule has 1 aliphatic rings. The lowest BCUT2D eigenvalue weighted by Crippen LogP contribution is -2.25. The van der Waals surface area contributed by atoms with Crippen LogP contribution in [0.15, 0.2) is 30.3 Å². The van der Waals surface area contributed by atoms with E-state index in [4.69, 9.17) is 5.73 Å². The Morgan fingerprint density at radius 1 is 1.31 bits per heavy atom. The van der Waals surface area contributed by atoms with Crippen LogP contribution in [0.25, 0.3) is 0 Å². The highest BCUT2D eigenvalue weighted by Crippen LogP contribution is 2.31. The van der Waals surface area contributed by atoms with Crippen LogP contribution in [-0.4, -0.2) is 12.3 Å². The Hall–Kier alpha value is -1.15. The molecule has 1 aliphatic carbocycles. The lowest BCUT2D eigenvalue weighted by molar-refractivity contribution is -0.121. The summed E-state index contributed by atoms with van der Waals surface area (Å²) in [6.07, 6.45) is 4.45. The molecule has 0 bridgehead atoms. The minimum absolute atomic E-state index is 0.0956. The highest BCUT2D eigenvalue weighted by molar-refractivity contribution is 5.86. The highest BCUT2D eigenvalue weighted by Gasteiger charge is 2.25. The second-order valence-corrected chi connectivity index (χ2v) is 4.67. The molecule has 1 saturated carbocycles. The van der Waals surface area contributed by atoms with E-state index < -0.39 is 0 Å². The van der Waals surface area contributed by atoms with Crippen molar-refractivity contribution in [3.63, 3.8) is 0 Å². The number of carbonyl (C=O) groups is 1. The van der Waals surface area contributed by atoms with Gasteiger partial charge >= 0.3 is 0 Å². The third kappa shape index (κ3) is 2.50. The molecular weight excluding hydrogens is 198 g/mol. The Labute approximate surface area is 96.8 Å². The van der Waals surface area contributed by atoms with Gasteiger partial charge < -0.3 is 5.73 Å². The summed E-state index contributed by atoms with van der Waals surface area (Å²) in [7, 11) is 0.